The highest BCUT2D eigenvalue weighted by molar-refractivity contribution is 6.30. The number of nitrogens with zero attached hydrogens (tertiary/aromatic N) is 3. The smallest absolute Gasteiger partial charge is 0.270 e. The number of benzene rings is 2. The minimum absolute atomic E-state index is 0.0103. The van der Waals surface area contributed by atoms with E-state index in [0.717, 1.165) is 10.9 Å². The molecule has 0 radical (unpaired) electrons. The third kappa shape index (κ3) is 3.99. The van der Waals surface area contributed by atoms with Crippen molar-refractivity contribution in [2.75, 3.05) is 39.3 Å². The first kappa shape index (κ1) is 21.0. The molecule has 0 aliphatic carbocycles. The summed E-state index contributed by atoms with van der Waals surface area (Å²) in [5.74, 6) is -0.108. The Morgan fingerprint density at radius 3 is 2.34 bits per heavy atom. The highest BCUT2D eigenvalue weighted by Crippen LogP contribution is 2.23. The quantitative estimate of drug-likeness (QED) is 0.639. The molecule has 2 N–H and O–H groups in total. The number of amides is 2. The van der Waals surface area contributed by atoms with Crippen LogP contribution in [0.3, 0.4) is 0 Å². The fourth-order valence-electron chi connectivity index (χ4n) is 4.68. The Hall–Kier alpha value is -2.87. The minimum atomic E-state index is -0.609. The van der Waals surface area contributed by atoms with E-state index in [2.05, 4.69) is 9.88 Å². The zero-order valence-electron chi connectivity index (χ0n) is 17.6. The van der Waals surface area contributed by atoms with Gasteiger partial charge in [-0.2, -0.15) is 0 Å². The van der Waals surface area contributed by atoms with Crippen molar-refractivity contribution in [3.05, 3.63) is 70.9 Å². The van der Waals surface area contributed by atoms with Crippen molar-refractivity contribution in [1.82, 2.24) is 19.7 Å². The number of aromatic nitrogens is 1. The van der Waals surface area contributed by atoms with Gasteiger partial charge in [-0.1, -0.05) is 29.8 Å². The monoisotopic (exact) mass is 452 g/mol. The van der Waals surface area contributed by atoms with Gasteiger partial charge in [0.2, 0.25) is 0 Å². The summed E-state index contributed by atoms with van der Waals surface area (Å²) in [6.07, 6.45) is -0.609. The van der Waals surface area contributed by atoms with E-state index in [1.165, 1.54) is 0 Å². The number of aliphatic hydroxyl groups excluding tert-OH is 1. The zero-order chi connectivity index (χ0) is 22.2. The van der Waals surface area contributed by atoms with Crippen molar-refractivity contribution < 1.29 is 14.7 Å². The van der Waals surface area contributed by atoms with E-state index in [4.69, 9.17) is 11.6 Å². The molecule has 2 saturated heterocycles. The molecule has 2 fully saturated rings. The van der Waals surface area contributed by atoms with Crippen LogP contribution in [0, 0.1) is 0 Å². The van der Waals surface area contributed by atoms with E-state index in [1.807, 2.05) is 35.2 Å². The lowest BCUT2D eigenvalue weighted by Crippen LogP contribution is -2.54. The predicted molar refractivity (Wildman–Crippen MR) is 123 cm³/mol. The van der Waals surface area contributed by atoms with Gasteiger partial charge in [0, 0.05) is 60.8 Å². The molecule has 0 bridgehead atoms. The molecule has 2 amide bonds. The van der Waals surface area contributed by atoms with Gasteiger partial charge in [0.15, 0.2) is 0 Å². The van der Waals surface area contributed by atoms with E-state index >= 15 is 0 Å². The van der Waals surface area contributed by atoms with Crippen LogP contribution in [0.5, 0.6) is 0 Å². The molecule has 1 aromatic heterocycles. The SMILES string of the molecule is O=C(c1ccc(Cl)cc1)N1CCN(C2CN(C(=O)c3cc4ccccc4[nH]3)CC2O)CC1. The summed E-state index contributed by atoms with van der Waals surface area (Å²) in [7, 11) is 0. The Bertz CT molecular complexity index is 1100. The summed E-state index contributed by atoms with van der Waals surface area (Å²) >= 11 is 5.92. The molecule has 7 nitrogen and oxygen atoms in total. The van der Waals surface area contributed by atoms with Crippen molar-refractivity contribution in [3.8, 4) is 0 Å². The first-order chi connectivity index (χ1) is 15.5. The third-order valence-corrected chi connectivity index (χ3v) is 6.72. The van der Waals surface area contributed by atoms with Crippen LogP contribution in [0.25, 0.3) is 10.9 Å². The van der Waals surface area contributed by atoms with Crippen molar-refractivity contribution in [2.45, 2.75) is 12.1 Å². The van der Waals surface area contributed by atoms with Crippen molar-refractivity contribution in [3.63, 3.8) is 0 Å². The third-order valence-electron chi connectivity index (χ3n) is 6.47. The first-order valence-corrected chi connectivity index (χ1v) is 11.2. The number of hydrogen-bond donors (Lipinski definition) is 2. The van der Waals surface area contributed by atoms with E-state index in [-0.39, 0.29) is 17.9 Å². The van der Waals surface area contributed by atoms with E-state index in [1.54, 1.807) is 29.2 Å². The largest absolute Gasteiger partial charge is 0.390 e. The van der Waals surface area contributed by atoms with E-state index in [9.17, 15) is 14.7 Å². The first-order valence-electron chi connectivity index (χ1n) is 10.8. The maximum Gasteiger partial charge on any atom is 0.270 e. The maximum absolute atomic E-state index is 13.0. The van der Waals surface area contributed by atoms with Gasteiger partial charge in [0.25, 0.3) is 11.8 Å². The van der Waals surface area contributed by atoms with Gasteiger partial charge in [-0.3, -0.25) is 14.5 Å². The molecule has 3 aromatic rings. The molecular weight excluding hydrogens is 428 g/mol. The van der Waals surface area contributed by atoms with Crippen LogP contribution < -0.4 is 0 Å². The number of hydrogen-bond acceptors (Lipinski definition) is 4. The number of aliphatic hydroxyl groups is 1. The summed E-state index contributed by atoms with van der Waals surface area (Å²) in [5.41, 5.74) is 2.09. The highest BCUT2D eigenvalue weighted by atomic mass is 35.5. The fourth-order valence-corrected chi connectivity index (χ4v) is 4.81. The topological polar surface area (TPSA) is 79.9 Å². The standard InChI is InChI=1S/C24H25ClN4O3/c25-18-7-5-16(6-8-18)23(31)28-11-9-27(10-12-28)21-14-29(15-22(21)30)24(32)20-13-17-3-1-2-4-19(17)26-20/h1-8,13,21-22,26,30H,9-12,14-15H2. The summed E-state index contributed by atoms with van der Waals surface area (Å²) in [4.78, 5) is 34.7. The Labute approximate surface area is 191 Å². The lowest BCUT2D eigenvalue weighted by atomic mass is 10.1. The predicted octanol–water partition coefficient (Wildman–Crippen LogP) is 2.46. The van der Waals surface area contributed by atoms with Crippen LogP contribution in [-0.2, 0) is 0 Å². The van der Waals surface area contributed by atoms with E-state index in [0.29, 0.717) is 55.5 Å². The number of fused-ring (bicyclic) bond motifs is 1. The Morgan fingerprint density at radius 1 is 0.906 bits per heavy atom. The lowest BCUT2D eigenvalue weighted by molar-refractivity contribution is 0.0376. The molecule has 2 atom stereocenters. The van der Waals surface area contributed by atoms with Crippen LogP contribution >= 0.6 is 11.6 Å². The fraction of sp³-hybridized carbons (Fsp3) is 0.333. The van der Waals surface area contributed by atoms with Crippen LogP contribution in [0.2, 0.25) is 5.02 Å². The molecule has 3 heterocycles. The van der Waals surface area contributed by atoms with Crippen LogP contribution in [0.1, 0.15) is 20.8 Å². The molecule has 2 aromatic carbocycles. The molecule has 2 aliphatic heterocycles. The van der Waals surface area contributed by atoms with Gasteiger partial charge in [-0.15, -0.1) is 0 Å². The van der Waals surface area contributed by atoms with Gasteiger partial charge >= 0.3 is 0 Å². The molecule has 0 spiro atoms. The second-order valence-electron chi connectivity index (χ2n) is 8.45. The van der Waals surface area contributed by atoms with Crippen LogP contribution in [0.4, 0.5) is 0 Å². The van der Waals surface area contributed by atoms with Gasteiger partial charge in [0.1, 0.15) is 5.69 Å². The molecule has 32 heavy (non-hydrogen) atoms. The number of carbonyl (C=O) groups excluding carboxylic acids is 2. The number of H-pyrrole nitrogens is 1. The number of rotatable bonds is 3. The summed E-state index contributed by atoms with van der Waals surface area (Å²) < 4.78 is 0. The second-order valence-corrected chi connectivity index (χ2v) is 8.89. The Morgan fingerprint density at radius 2 is 1.62 bits per heavy atom. The molecule has 2 aliphatic rings. The number of para-hydroxylation sites is 1. The summed E-state index contributed by atoms with van der Waals surface area (Å²) in [6.45, 7) is 3.27. The number of likely N-dealkylation sites (tertiary alicyclic amines) is 1. The van der Waals surface area contributed by atoms with Crippen LogP contribution in [0.15, 0.2) is 54.6 Å². The lowest BCUT2D eigenvalue weighted by Gasteiger charge is -2.38. The molecule has 8 heteroatoms. The molecule has 0 saturated carbocycles. The normalized spacial score (nSPS) is 21.9. The van der Waals surface area contributed by atoms with Crippen LogP contribution in [-0.4, -0.2) is 88.0 Å². The van der Waals surface area contributed by atoms with E-state index < -0.39 is 6.10 Å². The Balaban J connectivity index is 1.20. The molecule has 5 rings (SSSR count). The van der Waals surface area contributed by atoms with Gasteiger partial charge in [0.05, 0.1) is 12.1 Å². The number of halogens is 1. The average molecular weight is 453 g/mol. The summed E-state index contributed by atoms with van der Waals surface area (Å²) in [6, 6.07) is 16.4. The highest BCUT2D eigenvalue weighted by Gasteiger charge is 2.39. The number of piperazine rings is 1. The average Bonchev–Trinajstić information content (AvgIpc) is 3.42. The maximum atomic E-state index is 13.0. The molecule has 2 unspecified atom stereocenters. The van der Waals surface area contributed by atoms with Crippen molar-refractivity contribution in [2.24, 2.45) is 0 Å². The minimum Gasteiger partial charge on any atom is -0.390 e. The second kappa shape index (κ2) is 8.58. The van der Waals surface area contributed by atoms with Gasteiger partial charge in [-0.05, 0) is 36.4 Å². The molecular formula is C24H25ClN4O3. The molecule has 166 valence electrons. The van der Waals surface area contributed by atoms with Gasteiger partial charge in [-0.25, -0.2) is 0 Å². The zero-order valence-corrected chi connectivity index (χ0v) is 18.3. The van der Waals surface area contributed by atoms with Crippen molar-refractivity contribution >= 4 is 34.3 Å². The number of carbonyl (C=O) groups is 2. The van der Waals surface area contributed by atoms with Crippen molar-refractivity contribution in [1.29, 1.82) is 0 Å². The number of nitrogens with one attached hydrogen (secondary N) is 1. The van der Waals surface area contributed by atoms with Gasteiger partial charge < -0.3 is 19.9 Å². The number of aromatic amines is 1. The number of β-amino-alcohol motifs (C(OH)–C–C–N with tert-alkyl or cyclic N) is 1. The summed E-state index contributed by atoms with van der Waals surface area (Å²) in [5, 5.41) is 12.3. The Kier molecular flexibility index (Phi) is 5.63.